The molecule has 1 aliphatic carbocycles. The van der Waals surface area contributed by atoms with Gasteiger partial charge < -0.3 is 10.2 Å². The molecular formula is C24H32O2. The number of rotatable bonds is 6. The van der Waals surface area contributed by atoms with Crippen molar-refractivity contribution in [1.82, 2.24) is 0 Å². The first-order valence-corrected chi connectivity index (χ1v) is 10.3. The van der Waals surface area contributed by atoms with Crippen molar-refractivity contribution in [3.05, 3.63) is 59.2 Å². The summed E-state index contributed by atoms with van der Waals surface area (Å²) in [5.41, 5.74) is 3.70. The molecule has 0 aliphatic heterocycles. The maximum atomic E-state index is 10.3. The maximum Gasteiger partial charge on any atom is 0.118 e. The van der Waals surface area contributed by atoms with Crippen LogP contribution in [0.3, 0.4) is 0 Å². The van der Waals surface area contributed by atoms with Gasteiger partial charge in [0.15, 0.2) is 0 Å². The third-order valence-corrected chi connectivity index (χ3v) is 6.06. The molecule has 140 valence electrons. The summed E-state index contributed by atoms with van der Waals surface area (Å²) in [7, 11) is 0. The quantitative estimate of drug-likeness (QED) is 0.462. The highest BCUT2D eigenvalue weighted by Gasteiger charge is 2.35. The number of hydrogen-bond donors (Lipinski definition) is 2. The monoisotopic (exact) mass is 352 g/mol. The number of unbranched alkanes of at least 4 members (excludes halogenated alkanes) is 2. The van der Waals surface area contributed by atoms with Crippen molar-refractivity contribution in [3.8, 4) is 11.5 Å². The lowest BCUT2D eigenvalue weighted by Crippen LogP contribution is -2.27. The third kappa shape index (κ3) is 4.06. The first-order valence-electron chi connectivity index (χ1n) is 10.3. The van der Waals surface area contributed by atoms with Crippen molar-refractivity contribution in [2.45, 2.75) is 76.5 Å². The number of phenolic OH excluding ortho intramolecular Hbond substituents is 2. The molecular weight excluding hydrogens is 320 g/mol. The van der Waals surface area contributed by atoms with Crippen molar-refractivity contribution in [1.29, 1.82) is 0 Å². The predicted molar refractivity (Wildman–Crippen MR) is 108 cm³/mol. The molecule has 0 aromatic heterocycles. The Hall–Kier alpha value is -1.96. The van der Waals surface area contributed by atoms with Crippen LogP contribution in [0.5, 0.6) is 11.5 Å². The van der Waals surface area contributed by atoms with E-state index in [0.717, 1.165) is 31.2 Å². The summed E-state index contributed by atoms with van der Waals surface area (Å²) in [6.45, 7) is 2.21. The molecule has 3 rings (SSSR count). The molecule has 0 radical (unpaired) electrons. The first-order chi connectivity index (χ1) is 12.7. The van der Waals surface area contributed by atoms with Crippen LogP contribution in [0, 0.1) is 0 Å². The molecule has 1 fully saturated rings. The average molecular weight is 353 g/mol. The molecule has 0 saturated heterocycles. The Bertz CT molecular complexity index is 695. The molecule has 0 atom stereocenters. The lowest BCUT2D eigenvalue weighted by atomic mass is 9.69. The van der Waals surface area contributed by atoms with Gasteiger partial charge >= 0.3 is 0 Å². The summed E-state index contributed by atoms with van der Waals surface area (Å²) in [5, 5.41) is 20.1. The van der Waals surface area contributed by atoms with E-state index in [2.05, 4.69) is 31.2 Å². The number of aryl methyl sites for hydroxylation is 1. The first kappa shape index (κ1) is 18.8. The number of phenols is 2. The smallest absolute Gasteiger partial charge is 0.118 e. The molecule has 0 amide bonds. The molecule has 0 unspecified atom stereocenters. The van der Waals surface area contributed by atoms with Gasteiger partial charge in [-0.2, -0.15) is 0 Å². The topological polar surface area (TPSA) is 40.5 Å². The zero-order valence-electron chi connectivity index (χ0n) is 16.0. The van der Waals surface area contributed by atoms with Crippen molar-refractivity contribution in [2.75, 3.05) is 0 Å². The molecule has 2 aromatic carbocycles. The van der Waals surface area contributed by atoms with Gasteiger partial charge in [0.05, 0.1) is 0 Å². The van der Waals surface area contributed by atoms with Gasteiger partial charge in [0.1, 0.15) is 11.5 Å². The Morgan fingerprint density at radius 3 is 2.12 bits per heavy atom. The van der Waals surface area contributed by atoms with Crippen LogP contribution >= 0.6 is 0 Å². The van der Waals surface area contributed by atoms with Gasteiger partial charge in [-0.3, -0.25) is 0 Å². The predicted octanol–water partition coefficient (Wildman–Crippen LogP) is 6.47. The van der Waals surface area contributed by atoms with Crippen LogP contribution in [0.1, 0.15) is 81.4 Å². The molecule has 2 heteroatoms. The minimum atomic E-state index is -0.00257. The van der Waals surface area contributed by atoms with Crippen LogP contribution in [0.15, 0.2) is 42.5 Å². The second-order valence-corrected chi connectivity index (χ2v) is 7.84. The van der Waals surface area contributed by atoms with E-state index < -0.39 is 0 Å². The summed E-state index contributed by atoms with van der Waals surface area (Å²) in [5.74, 6) is 0.753. The van der Waals surface area contributed by atoms with E-state index in [-0.39, 0.29) is 5.41 Å². The van der Waals surface area contributed by atoms with Gasteiger partial charge in [0.2, 0.25) is 0 Å². The lowest BCUT2D eigenvalue weighted by Gasteiger charge is -2.35. The molecule has 1 saturated carbocycles. The molecule has 0 spiro atoms. The van der Waals surface area contributed by atoms with E-state index in [4.69, 9.17) is 0 Å². The van der Waals surface area contributed by atoms with Gasteiger partial charge in [-0.25, -0.2) is 0 Å². The molecule has 0 heterocycles. The van der Waals surface area contributed by atoms with Crippen LogP contribution in [-0.4, -0.2) is 10.2 Å². The lowest BCUT2D eigenvalue weighted by molar-refractivity contribution is 0.437. The van der Waals surface area contributed by atoms with Gasteiger partial charge in [-0.05, 0) is 60.6 Å². The molecule has 26 heavy (non-hydrogen) atoms. The normalized spacial score (nSPS) is 17.0. The minimum absolute atomic E-state index is 0.00257. The molecule has 2 nitrogen and oxygen atoms in total. The van der Waals surface area contributed by atoms with Crippen molar-refractivity contribution in [3.63, 3.8) is 0 Å². The van der Waals surface area contributed by atoms with E-state index in [1.807, 2.05) is 18.2 Å². The van der Waals surface area contributed by atoms with Crippen LogP contribution < -0.4 is 0 Å². The van der Waals surface area contributed by atoms with Gasteiger partial charge in [0.25, 0.3) is 0 Å². The maximum absolute atomic E-state index is 10.3. The van der Waals surface area contributed by atoms with Crippen molar-refractivity contribution < 1.29 is 10.2 Å². The Labute approximate surface area is 157 Å². The SMILES string of the molecule is CCCCCc1cc(C2(c3ccc(O)cc3)CCCCCC2)ccc1O. The Morgan fingerprint density at radius 1 is 0.808 bits per heavy atom. The number of hydrogen-bond acceptors (Lipinski definition) is 2. The summed E-state index contributed by atoms with van der Waals surface area (Å²) in [4.78, 5) is 0. The second kappa shape index (κ2) is 8.62. The fraction of sp³-hybridized carbons (Fsp3) is 0.500. The van der Waals surface area contributed by atoms with Gasteiger partial charge in [0, 0.05) is 5.41 Å². The van der Waals surface area contributed by atoms with Crippen LogP contribution in [-0.2, 0) is 11.8 Å². The number of benzene rings is 2. The van der Waals surface area contributed by atoms with E-state index in [1.165, 1.54) is 49.7 Å². The fourth-order valence-corrected chi connectivity index (χ4v) is 4.51. The zero-order valence-corrected chi connectivity index (χ0v) is 16.0. The molecule has 2 N–H and O–H groups in total. The Kier molecular flexibility index (Phi) is 6.24. The summed E-state index contributed by atoms with van der Waals surface area (Å²) in [6.07, 6.45) is 11.8. The molecule has 1 aliphatic rings. The van der Waals surface area contributed by atoms with Crippen molar-refractivity contribution >= 4 is 0 Å². The van der Waals surface area contributed by atoms with Crippen LogP contribution in [0.25, 0.3) is 0 Å². The highest BCUT2D eigenvalue weighted by molar-refractivity contribution is 5.46. The van der Waals surface area contributed by atoms with Crippen LogP contribution in [0.2, 0.25) is 0 Å². The van der Waals surface area contributed by atoms with E-state index in [1.54, 1.807) is 0 Å². The summed E-state index contributed by atoms with van der Waals surface area (Å²) >= 11 is 0. The fourth-order valence-electron chi connectivity index (χ4n) is 4.51. The van der Waals surface area contributed by atoms with Gasteiger partial charge in [-0.1, -0.05) is 69.7 Å². The second-order valence-electron chi connectivity index (χ2n) is 7.84. The zero-order chi connectivity index (χ0) is 18.4. The standard InChI is InChI=1S/C24H32O2/c1-2-3-6-9-19-18-21(12-15-23(19)26)24(16-7-4-5-8-17-24)20-10-13-22(25)14-11-20/h10-15,18,25-26H,2-9,16-17H2,1H3. The summed E-state index contributed by atoms with van der Waals surface area (Å²) < 4.78 is 0. The van der Waals surface area contributed by atoms with Gasteiger partial charge in [-0.15, -0.1) is 0 Å². The van der Waals surface area contributed by atoms with Crippen molar-refractivity contribution in [2.24, 2.45) is 0 Å². The minimum Gasteiger partial charge on any atom is -0.508 e. The van der Waals surface area contributed by atoms with E-state index in [9.17, 15) is 10.2 Å². The largest absolute Gasteiger partial charge is 0.508 e. The summed E-state index contributed by atoms with van der Waals surface area (Å²) in [6, 6.07) is 14.1. The molecule has 0 bridgehead atoms. The Balaban J connectivity index is 2.01. The van der Waals surface area contributed by atoms with E-state index >= 15 is 0 Å². The number of aromatic hydroxyl groups is 2. The highest BCUT2D eigenvalue weighted by atomic mass is 16.3. The van der Waals surface area contributed by atoms with E-state index in [0.29, 0.717) is 11.5 Å². The third-order valence-electron chi connectivity index (χ3n) is 6.06. The highest BCUT2D eigenvalue weighted by Crippen LogP contribution is 2.45. The van der Waals surface area contributed by atoms with Crippen LogP contribution in [0.4, 0.5) is 0 Å². The average Bonchev–Trinajstić information content (AvgIpc) is 2.91. The molecule has 2 aromatic rings. The Morgan fingerprint density at radius 2 is 1.46 bits per heavy atom.